The van der Waals surface area contributed by atoms with Gasteiger partial charge in [0.05, 0.1) is 6.61 Å². The van der Waals surface area contributed by atoms with Crippen LogP contribution in [0, 0.1) is 0 Å². The molecule has 0 aliphatic rings. The number of likely N-dealkylation sites (N-methyl/N-ethyl adjacent to an activating group) is 1. The molecule has 0 aromatic carbocycles. The van der Waals surface area contributed by atoms with Gasteiger partial charge in [0, 0.05) is 32.0 Å². The van der Waals surface area contributed by atoms with Crippen molar-refractivity contribution < 1.29 is 13.5 Å². The minimum Gasteiger partial charge on any atom is -0.390 e. The molecule has 0 amide bonds. The Morgan fingerprint density at radius 2 is 2.17 bits per heavy atom. The summed E-state index contributed by atoms with van der Waals surface area (Å²) in [5, 5.41) is 9.17. The molecule has 1 aromatic rings. The minimum absolute atomic E-state index is 0.173. The second-order valence-corrected chi connectivity index (χ2v) is 6.37. The molecular weight excluding hydrogens is 252 g/mol. The fraction of sp³-hybridized carbons (Fsp3) is 0.500. The van der Waals surface area contributed by atoms with Crippen LogP contribution in [0.3, 0.4) is 0 Å². The van der Waals surface area contributed by atoms with Crippen LogP contribution in [0.5, 0.6) is 0 Å². The summed E-state index contributed by atoms with van der Waals surface area (Å²) >= 11 is 0. The van der Waals surface area contributed by atoms with Crippen LogP contribution < -0.4 is 0 Å². The van der Waals surface area contributed by atoms with Crippen LogP contribution in [0.1, 0.15) is 19.5 Å². The molecular formula is C12H20N2O3S. The Morgan fingerprint density at radius 3 is 2.56 bits per heavy atom. The summed E-state index contributed by atoms with van der Waals surface area (Å²) in [5.41, 5.74) is 1.37. The summed E-state index contributed by atoms with van der Waals surface area (Å²) in [6, 6.07) is 1.51. The SMILES string of the molecule is C=C(C)CN(C)S(=O)(=O)c1cc(CO)n(CC)c1. The van der Waals surface area contributed by atoms with Crippen LogP contribution >= 0.6 is 0 Å². The van der Waals surface area contributed by atoms with Gasteiger partial charge in [-0.25, -0.2) is 8.42 Å². The molecule has 0 aliphatic heterocycles. The zero-order chi connectivity index (χ0) is 13.9. The third-order valence-corrected chi connectivity index (χ3v) is 4.43. The maximum absolute atomic E-state index is 12.3. The molecule has 1 N–H and O–H groups in total. The zero-order valence-corrected chi connectivity index (χ0v) is 11.9. The zero-order valence-electron chi connectivity index (χ0n) is 11.0. The van der Waals surface area contributed by atoms with E-state index in [2.05, 4.69) is 6.58 Å². The van der Waals surface area contributed by atoms with Crippen LogP contribution in [0.25, 0.3) is 0 Å². The average Bonchev–Trinajstić information content (AvgIpc) is 2.71. The summed E-state index contributed by atoms with van der Waals surface area (Å²) in [4.78, 5) is 0.206. The van der Waals surface area contributed by atoms with Crippen LogP contribution in [-0.2, 0) is 23.2 Å². The number of rotatable bonds is 6. The molecule has 0 saturated carbocycles. The molecule has 0 radical (unpaired) electrons. The first kappa shape index (κ1) is 14.9. The van der Waals surface area contributed by atoms with Gasteiger partial charge < -0.3 is 9.67 Å². The number of nitrogens with zero attached hydrogens (tertiary/aromatic N) is 2. The van der Waals surface area contributed by atoms with E-state index in [1.165, 1.54) is 17.4 Å². The molecule has 5 nitrogen and oxygen atoms in total. The molecule has 6 heteroatoms. The van der Waals surface area contributed by atoms with Gasteiger partial charge in [-0.1, -0.05) is 12.2 Å². The van der Waals surface area contributed by atoms with Crippen molar-refractivity contribution in [2.24, 2.45) is 0 Å². The number of aliphatic hydroxyl groups is 1. The van der Waals surface area contributed by atoms with Crippen molar-refractivity contribution in [3.63, 3.8) is 0 Å². The second-order valence-electron chi connectivity index (χ2n) is 4.33. The van der Waals surface area contributed by atoms with Gasteiger partial charge in [-0.15, -0.1) is 0 Å². The summed E-state index contributed by atoms with van der Waals surface area (Å²) in [7, 11) is -2.00. The van der Waals surface area contributed by atoms with Crippen molar-refractivity contribution in [2.45, 2.75) is 31.9 Å². The maximum atomic E-state index is 12.3. The fourth-order valence-corrected chi connectivity index (χ4v) is 3.03. The first-order chi connectivity index (χ1) is 8.32. The van der Waals surface area contributed by atoms with Crippen molar-refractivity contribution in [2.75, 3.05) is 13.6 Å². The molecule has 1 aromatic heterocycles. The smallest absolute Gasteiger partial charge is 0.244 e. The predicted molar refractivity (Wildman–Crippen MR) is 70.7 cm³/mol. The molecule has 0 atom stereocenters. The predicted octanol–water partition coefficient (Wildman–Crippen LogP) is 1.20. The highest BCUT2D eigenvalue weighted by Crippen LogP contribution is 2.19. The molecule has 0 fully saturated rings. The van der Waals surface area contributed by atoms with Gasteiger partial charge in [0.15, 0.2) is 0 Å². The van der Waals surface area contributed by atoms with E-state index >= 15 is 0 Å². The number of aryl methyl sites for hydroxylation is 1. The van der Waals surface area contributed by atoms with Crippen LogP contribution in [0.2, 0.25) is 0 Å². The first-order valence-electron chi connectivity index (χ1n) is 5.73. The van der Waals surface area contributed by atoms with Crippen LogP contribution in [0.4, 0.5) is 0 Å². The third-order valence-electron chi connectivity index (χ3n) is 2.66. The molecule has 0 bridgehead atoms. The van der Waals surface area contributed by atoms with E-state index in [0.29, 0.717) is 12.2 Å². The normalized spacial score (nSPS) is 12.1. The summed E-state index contributed by atoms with van der Waals surface area (Å²) < 4.78 is 27.5. The van der Waals surface area contributed by atoms with Gasteiger partial charge in [0.25, 0.3) is 0 Å². The number of hydrogen-bond acceptors (Lipinski definition) is 3. The molecule has 0 saturated heterocycles. The average molecular weight is 272 g/mol. The van der Waals surface area contributed by atoms with Crippen LogP contribution in [-0.4, -0.2) is 36.0 Å². The van der Waals surface area contributed by atoms with Gasteiger partial charge in [-0.3, -0.25) is 0 Å². The first-order valence-corrected chi connectivity index (χ1v) is 7.17. The van der Waals surface area contributed by atoms with Crippen molar-refractivity contribution >= 4 is 10.0 Å². The molecule has 0 spiro atoms. The Morgan fingerprint density at radius 1 is 1.56 bits per heavy atom. The largest absolute Gasteiger partial charge is 0.390 e. The van der Waals surface area contributed by atoms with Gasteiger partial charge in [-0.05, 0) is 19.9 Å². The van der Waals surface area contributed by atoms with E-state index < -0.39 is 10.0 Å². The lowest BCUT2D eigenvalue weighted by molar-refractivity contribution is 0.271. The quantitative estimate of drug-likeness (QED) is 0.791. The van der Waals surface area contributed by atoms with E-state index in [1.54, 1.807) is 17.7 Å². The third kappa shape index (κ3) is 3.01. The highest BCUT2D eigenvalue weighted by molar-refractivity contribution is 7.89. The Bertz CT molecular complexity index is 510. The molecule has 1 rings (SSSR count). The Balaban J connectivity index is 3.12. The topological polar surface area (TPSA) is 62.5 Å². The van der Waals surface area contributed by atoms with E-state index in [0.717, 1.165) is 5.57 Å². The van der Waals surface area contributed by atoms with Crippen molar-refractivity contribution in [1.29, 1.82) is 0 Å². The molecule has 0 unspecified atom stereocenters. The Kier molecular flexibility index (Phi) is 4.72. The molecule has 102 valence electrons. The van der Waals surface area contributed by atoms with Gasteiger partial charge in [0.2, 0.25) is 10.0 Å². The molecule has 18 heavy (non-hydrogen) atoms. The highest BCUT2D eigenvalue weighted by Gasteiger charge is 2.23. The van der Waals surface area contributed by atoms with Gasteiger partial charge >= 0.3 is 0 Å². The number of aliphatic hydroxyl groups excluding tert-OH is 1. The number of aromatic nitrogens is 1. The molecule has 1 heterocycles. The lowest BCUT2D eigenvalue weighted by Crippen LogP contribution is -2.28. The second kappa shape index (κ2) is 5.69. The standard InChI is InChI=1S/C12H20N2O3S/c1-5-14-8-12(6-11(14)9-15)18(16,17)13(4)7-10(2)3/h6,8,15H,2,5,7,9H2,1,3-4H3. The Labute approximate surface area is 108 Å². The van der Waals surface area contributed by atoms with Crippen LogP contribution in [0.15, 0.2) is 29.3 Å². The fourth-order valence-electron chi connectivity index (χ4n) is 1.74. The number of sulfonamides is 1. The highest BCUT2D eigenvalue weighted by atomic mass is 32.2. The monoisotopic (exact) mass is 272 g/mol. The van der Waals surface area contributed by atoms with Crippen molar-refractivity contribution in [1.82, 2.24) is 8.87 Å². The van der Waals surface area contributed by atoms with Gasteiger partial charge in [0.1, 0.15) is 4.90 Å². The summed E-state index contributed by atoms with van der Waals surface area (Å²) in [6.45, 7) is 8.12. The lowest BCUT2D eigenvalue weighted by Gasteiger charge is -2.15. The lowest BCUT2D eigenvalue weighted by atomic mass is 10.4. The van der Waals surface area contributed by atoms with Crippen molar-refractivity contribution in [3.8, 4) is 0 Å². The van der Waals surface area contributed by atoms with E-state index in [-0.39, 0.29) is 18.0 Å². The minimum atomic E-state index is -3.52. The molecule has 0 aliphatic carbocycles. The Hall–Kier alpha value is -1.11. The summed E-state index contributed by atoms with van der Waals surface area (Å²) in [6.07, 6.45) is 1.55. The van der Waals surface area contributed by atoms with Gasteiger partial charge in [-0.2, -0.15) is 4.31 Å². The van der Waals surface area contributed by atoms with Crippen molar-refractivity contribution in [3.05, 3.63) is 30.1 Å². The van der Waals surface area contributed by atoms with E-state index in [9.17, 15) is 8.42 Å². The number of hydrogen-bond donors (Lipinski definition) is 1. The summed E-state index contributed by atoms with van der Waals surface area (Å²) in [5.74, 6) is 0. The van der Waals surface area contributed by atoms with E-state index in [1.807, 2.05) is 6.92 Å². The van der Waals surface area contributed by atoms with E-state index in [4.69, 9.17) is 5.11 Å². The maximum Gasteiger partial charge on any atom is 0.244 e.